The largest absolute Gasteiger partial charge is 0.458 e. The number of carbonyl (C=O) groups excluding carboxylic acids is 1. The highest BCUT2D eigenvalue weighted by molar-refractivity contribution is 7.13. The van der Waals surface area contributed by atoms with Gasteiger partial charge in [0.1, 0.15) is 11.5 Å². The van der Waals surface area contributed by atoms with Crippen molar-refractivity contribution < 1.29 is 9.21 Å². The molecular weight excluding hydrogens is 258 g/mol. The van der Waals surface area contributed by atoms with E-state index in [4.69, 9.17) is 4.42 Å². The molecule has 3 nitrogen and oxygen atoms in total. The van der Waals surface area contributed by atoms with E-state index >= 15 is 0 Å². The molecule has 0 aliphatic heterocycles. The lowest BCUT2D eigenvalue weighted by atomic mass is 10.1. The molecule has 1 amide bonds. The Hall–Kier alpha value is -1.55. The Morgan fingerprint density at radius 2 is 2.16 bits per heavy atom. The summed E-state index contributed by atoms with van der Waals surface area (Å²) in [5.41, 5.74) is 0. The van der Waals surface area contributed by atoms with E-state index in [1.807, 2.05) is 29.6 Å². The van der Waals surface area contributed by atoms with Crippen molar-refractivity contribution in [2.24, 2.45) is 5.92 Å². The van der Waals surface area contributed by atoms with Gasteiger partial charge in [-0.1, -0.05) is 18.9 Å². The molecule has 1 aliphatic rings. The van der Waals surface area contributed by atoms with E-state index in [1.165, 1.54) is 12.8 Å². The van der Waals surface area contributed by atoms with Crippen LogP contribution >= 0.6 is 11.3 Å². The SMILES string of the molecule is O=C(NCc1ccc(-c2cccs2)o1)C1CCCC1. The monoisotopic (exact) mass is 275 g/mol. The minimum atomic E-state index is 0.173. The number of carbonyl (C=O) groups is 1. The molecule has 3 rings (SSSR count). The van der Waals surface area contributed by atoms with Gasteiger partial charge >= 0.3 is 0 Å². The third kappa shape index (κ3) is 2.89. The van der Waals surface area contributed by atoms with E-state index in [0.717, 1.165) is 29.2 Å². The van der Waals surface area contributed by atoms with E-state index in [1.54, 1.807) is 11.3 Å². The highest BCUT2D eigenvalue weighted by Crippen LogP contribution is 2.27. The van der Waals surface area contributed by atoms with Crippen molar-refractivity contribution in [1.82, 2.24) is 5.32 Å². The van der Waals surface area contributed by atoms with Crippen LogP contribution in [0.2, 0.25) is 0 Å². The molecule has 1 fully saturated rings. The Balaban J connectivity index is 1.57. The third-order valence-corrected chi connectivity index (χ3v) is 4.47. The second-order valence-electron chi connectivity index (χ2n) is 4.94. The molecule has 0 spiro atoms. The summed E-state index contributed by atoms with van der Waals surface area (Å²) in [4.78, 5) is 13.0. The summed E-state index contributed by atoms with van der Waals surface area (Å²) >= 11 is 1.65. The standard InChI is InChI=1S/C15H17NO2S/c17-15(11-4-1-2-5-11)16-10-12-7-8-13(18-12)14-6-3-9-19-14/h3,6-9,11H,1-2,4-5,10H2,(H,16,17). The Labute approximate surface area is 116 Å². The van der Waals surface area contributed by atoms with Crippen LogP contribution in [0.1, 0.15) is 31.4 Å². The maximum atomic E-state index is 11.9. The Morgan fingerprint density at radius 3 is 2.89 bits per heavy atom. The summed E-state index contributed by atoms with van der Waals surface area (Å²) < 4.78 is 5.74. The van der Waals surface area contributed by atoms with E-state index in [-0.39, 0.29) is 11.8 Å². The van der Waals surface area contributed by atoms with E-state index < -0.39 is 0 Å². The number of furan rings is 1. The summed E-state index contributed by atoms with van der Waals surface area (Å²) in [7, 11) is 0. The first-order valence-corrected chi connectivity index (χ1v) is 7.61. The van der Waals surface area contributed by atoms with Gasteiger partial charge in [0.2, 0.25) is 5.91 Å². The molecule has 2 heterocycles. The second-order valence-corrected chi connectivity index (χ2v) is 5.89. The molecule has 0 radical (unpaired) electrons. The lowest BCUT2D eigenvalue weighted by Gasteiger charge is -2.08. The molecule has 2 aromatic rings. The summed E-state index contributed by atoms with van der Waals surface area (Å²) in [6, 6.07) is 7.93. The summed E-state index contributed by atoms with van der Waals surface area (Å²) in [5, 5.41) is 5.00. The van der Waals surface area contributed by atoms with E-state index in [2.05, 4.69) is 5.32 Å². The van der Waals surface area contributed by atoms with Crippen LogP contribution in [0, 0.1) is 5.92 Å². The topological polar surface area (TPSA) is 42.2 Å². The quantitative estimate of drug-likeness (QED) is 0.921. The zero-order valence-electron chi connectivity index (χ0n) is 10.7. The lowest BCUT2D eigenvalue weighted by molar-refractivity contribution is -0.125. The van der Waals surface area contributed by atoms with Gasteiger partial charge in [-0.2, -0.15) is 0 Å². The van der Waals surface area contributed by atoms with Gasteiger partial charge in [-0.3, -0.25) is 4.79 Å². The maximum absolute atomic E-state index is 11.9. The number of hydrogen-bond donors (Lipinski definition) is 1. The Bertz CT molecular complexity index is 538. The van der Waals surface area contributed by atoms with Crippen molar-refractivity contribution in [3.05, 3.63) is 35.4 Å². The molecule has 1 N–H and O–H groups in total. The molecule has 0 unspecified atom stereocenters. The number of nitrogens with one attached hydrogen (secondary N) is 1. The van der Waals surface area contributed by atoms with Crippen molar-refractivity contribution in [3.8, 4) is 10.6 Å². The van der Waals surface area contributed by atoms with E-state index in [0.29, 0.717) is 6.54 Å². The van der Waals surface area contributed by atoms with Gasteiger partial charge in [-0.05, 0) is 36.4 Å². The highest BCUT2D eigenvalue weighted by Gasteiger charge is 2.22. The van der Waals surface area contributed by atoms with Crippen LogP contribution in [0.3, 0.4) is 0 Å². The van der Waals surface area contributed by atoms with Crippen LogP contribution in [0.4, 0.5) is 0 Å². The fourth-order valence-electron chi connectivity index (χ4n) is 2.53. The fourth-order valence-corrected chi connectivity index (χ4v) is 3.22. The van der Waals surface area contributed by atoms with Crippen LogP contribution in [-0.2, 0) is 11.3 Å². The van der Waals surface area contributed by atoms with Gasteiger partial charge in [0.15, 0.2) is 0 Å². The third-order valence-electron chi connectivity index (χ3n) is 3.59. The Kier molecular flexibility index (Phi) is 3.69. The number of hydrogen-bond acceptors (Lipinski definition) is 3. The second kappa shape index (κ2) is 5.61. The van der Waals surface area contributed by atoms with Crippen LogP contribution < -0.4 is 5.32 Å². The number of amides is 1. The Morgan fingerprint density at radius 1 is 1.32 bits per heavy atom. The van der Waals surface area contributed by atoms with Crippen molar-refractivity contribution in [2.75, 3.05) is 0 Å². The van der Waals surface area contributed by atoms with Gasteiger partial charge in [0.25, 0.3) is 0 Å². The van der Waals surface area contributed by atoms with Crippen molar-refractivity contribution in [3.63, 3.8) is 0 Å². The maximum Gasteiger partial charge on any atom is 0.223 e. The summed E-state index contributed by atoms with van der Waals surface area (Å²) in [6.07, 6.45) is 4.43. The fraction of sp³-hybridized carbons (Fsp3) is 0.400. The molecule has 0 bridgehead atoms. The van der Waals surface area contributed by atoms with Crippen LogP contribution in [0.5, 0.6) is 0 Å². The van der Waals surface area contributed by atoms with Crippen LogP contribution in [0.25, 0.3) is 10.6 Å². The summed E-state index contributed by atoms with van der Waals surface area (Å²) in [6.45, 7) is 0.487. The van der Waals surface area contributed by atoms with Gasteiger partial charge in [-0.25, -0.2) is 0 Å². The zero-order chi connectivity index (χ0) is 13.1. The predicted molar refractivity (Wildman–Crippen MR) is 75.8 cm³/mol. The molecule has 100 valence electrons. The molecule has 0 saturated heterocycles. The number of rotatable bonds is 4. The lowest BCUT2D eigenvalue weighted by Crippen LogP contribution is -2.28. The minimum Gasteiger partial charge on any atom is -0.458 e. The van der Waals surface area contributed by atoms with Gasteiger partial charge in [0.05, 0.1) is 11.4 Å². The smallest absolute Gasteiger partial charge is 0.223 e. The molecule has 2 aromatic heterocycles. The number of thiophene rings is 1. The average molecular weight is 275 g/mol. The molecule has 19 heavy (non-hydrogen) atoms. The minimum absolute atomic E-state index is 0.173. The van der Waals surface area contributed by atoms with Gasteiger partial charge < -0.3 is 9.73 Å². The van der Waals surface area contributed by atoms with Gasteiger partial charge in [0, 0.05) is 5.92 Å². The molecule has 0 atom stereocenters. The average Bonchev–Trinajstić information content (AvgIpc) is 3.14. The van der Waals surface area contributed by atoms with Crippen LogP contribution in [0.15, 0.2) is 34.1 Å². The normalized spacial score (nSPS) is 15.8. The van der Waals surface area contributed by atoms with Crippen molar-refractivity contribution >= 4 is 17.2 Å². The highest BCUT2D eigenvalue weighted by atomic mass is 32.1. The first kappa shape index (κ1) is 12.5. The summed E-state index contributed by atoms with van der Waals surface area (Å²) in [5.74, 6) is 2.08. The zero-order valence-corrected chi connectivity index (χ0v) is 11.5. The van der Waals surface area contributed by atoms with Gasteiger partial charge in [-0.15, -0.1) is 11.3 Å². The van der Waals surface area contributed by atoms with Crippen molar-refractivity contribution in [2.45, 2.75) is 32.2 Å². The molecule has 1 saturated carbocycles. The molecule has 1 aliphatic carbocycles. The van der Waals surface area contributed by atoms with E-state index in [9.17, 15) is 4.79 Å². The molecular formula is C15H17NO2S. The first-order chi connectivity index (χ1) is 9.33. The van der Waals surface area contributed by atoms with Crippen molar-refractivity contribution in [1.29, 1.82) is 0 Å². The predicted octanol–water partition coefficient (Wildman–Crippen LogP) is 3.81. The first-order valence-electron chi connectivity index (χ1n) is 6.73. The molecule has 4 heteroatoms. The molecule has 0 aromatic carbocycles. The van der Waals surface area contributed by atoms with Crippen LogP contribution in [-0.4, -0.2) is 5.91 Å².